The first-order valence-corrected chi connectivity index (χ1v) is 12.8. The fourth-order valence-electron chi connectivity index (χ4n) is 5.22. The number of aromatic nitrogens is 2. The van der Waals surface area contributed by atoms with E-state index in [1.54, 1.807) is 10.9 Å². The molecule has 4 atom stereocenters. The molecule has 1 fully saturated rings. The SMILES string of the molecule is CC(C)C1=CCC(C)([C@@H](NC(=O)[C@@H]2C[C@@H](F)CN2C(=O)CCc2cnn(C)c2)c2ccccc2)C=C1. The zero-order chi connectivity index (χ0) is 25.9. The van der Waals surface area contributed by atoms with Crippen LogP contribution in [0.1, 0.15) is 57.2 Å². The number of carbonyl (C=O) groups is 2. The minimum absolute atomic E-state index is 0.0237. The minimum atomic E-state index is -1.21. The van der Waals surface area contributed by atoms with Gasteiger partial charge in [-0.2, -0.15) is 5.10 Å². The molecular formula is C29H37FN4O2. The molecule has 1 aromatic carbocycles. The van der Waals surface area contributed by atoms with Gasteiger partial charge in [0, 0.05) is 31.5 Å². The molecular weight excluding hydrogens is 455 g/mol. The summed E-state index contributed by atoms with van der Waals surface area (Å²) in [5.41, 5.74) is 2.87. The Balaban J connectivity index is 1.51. The molecule has 1 aliphatic heterocycles. The number of carbonyl (C=O) groups excluding carboxylic acids is 2. The third-order valence-corrected chi connectivity index (χ3v) is 7.44. The van der Waals surface area contributed by atoms with Gasteiger partial charge in [-0.3, -0.25) is 14.3 Å². The summed E-state index contributed by atoms with van der Waals surface area (Å²) in [6, 6.07) is 8.77. The van der Waals surface area contributed by atoms with Crippen molar-refractivity contribution in [3.63, 3.8) is 0 Å². The Morgan fingerprint density at radius 2 is 2.00 bits per heavy atom. The summed E-state index contributed by atoms with van der Waals surface area (Å²) in [6.45, 7) is 6.43. The quantitative estimate of drug-likeness (QED) is 0.581. The molecule has 0 bridgehead atoms. The molecule has 7 heteroatoms. The maximum absolute atomic E-state index is 14.5. The third kappa shape index (κ3) is 5.77. The summed E-state index contributed by atoms with van der Waals surface area (Å²) in [5.74, 6) is -0.0718. The Labute approximate surface area is 213 Å². The number of likely N-dealkylation sites (tertiary alicyclic amines) is 1. The fourth-order valence-corrected chi connectivity index (χ4v) is 5.22. The van der Waals surface area contributed by atoms with Gasteiger partial charge in [-0.25, -0.2) is 4.39 Å². The Hall–Kier alpha value is -3.22. The van der Waals surface area contributed by atoms with Crippen LogP contribution in [0.2, 0.25) is 0 Å². The van der Waals surface area contributed by atoms with Gasteiger partial charge in [-0.15, -0.1) is 0 Å². The first-order chi connectivity index (χ1) is 17.2. The number of halogens is 1. The van der Waals surface area contributed by atoms with Gasteiger partial charge in [0.15, 0.2) is 0 Å². The molecule has 1 unspecified atom stereocenters. The lowest BCUT2D eigenvalue weighted by molar-refractivity contribution is -0.139. The molecule has 0 saturated carbocycles. The number of hydrogen-bond donors (Lipinski definition) is 1. The van der Waals surface area contributed by atoms with Crippen LogP contribution in [0.3, 0.4) is 0 Å². The normalized spacial score (nSPS) is 24.6. The van der Waals surface area contributed by atoms with Gasteiger partial charge in [-0.05, 0) is 35.5 Å². The van der Waals surface area contributed by atoms with Crippen molar-refractivity contribution in [1.29, 1.82) is 0 Å². The lowest BCUT2D eigenvalue weighted by Crippen LogP contribution is -2.49. The molecule has 36 heavy (non-hydrogen) atoms. The fraction of sp³-hybridized carbons (Fsp3) is 0.483. The van der Waals surface area contributed by atoms with Crippen LogP contribution in [0.5, 0.6) is 0 Å². The van der Waals surface area contributed by atoms with E-state index in [0.717, 1.165) is 17.5 Å². The number of benzene rings is 1. The van der Waals surface area contributed by atoms with Gasteiger partial charge in [0.2, 0.25) is 11.8 Å². The largest absolute Gasteiger partial charge is 0.347 e. The topological polar surface area (TPSA) is 67.2 Å². The highest BCUT2D eigenvalue weighted by molar-refractivity contribution is 5.88. The van der Waals surface area contributed by atoms with E-state index in [1.807, 2.05) is 43.6 Å². The Bertz CT molecular complexity index is 1140. The summed E-state index contributed by atoms with van der Waals surface area (Å²) >= 11 is 0. The predicted octanol–water partition coefficient (Wildman–Crippen LogP) is 4.70. The van der Waals surface area contributed by atoms with Crippen molar-refractivity contribution in [2.45, 2.75) is 64.7 Å². The van der Waals surface area contributed by atoms with E-state index in [-0.39, 0.29) is 42.7 Å². The van der Waals surface area contributed by atoms with Crippen molar-refractivity contribution >= 4 is 11.8 Å². The van der Waals surface area contributed by atoms with E-state index >= 15 is 0 Å². The van der Waals surface area contributed by atoms with Gasteiger partial charge in [-0.1, -0.05) is 69.3 Å². The van der Waals surface area contributed by atoms with Gasteiger partial charge in [0.25, 0.3) is 0 Å². The highest BCUT2D eigenvalue weighted by atomic mass is 19.1. The van der Waals surface area contributed by atoms with E-state index in [2.05, 4.69) is 49.4 Å². The molecule has 1 aliphatic carbocycles. The summed E-state index contributed by atoms with van der Waals surface area (Å²) < 4.78 is 16.2. The molecule has 2 amide bonds. The number of aryl methyl sites for hydroxylation is 2. The van der Waals surface area contributed by atoms with Gasteiger partial charge in [0.05, 0.1) is 18.8 Å². The van der Waals surface area contributed by atoms with Crippen LogP contribution in [0.4, 0.5) is 4.39 Å². The Morgan fingerprint density at radius 1 is 1.25 bits per heavy atom. The second-order valence-corrected chi connectivity index (χ2v) is 10.7. The van der Waals surface area contributed by atoms with Crippen molar-refractivity contribution in [3.05, 3.63) is 77.7 Å². The number of rotatable bonds is 8. The molecule has 2 aliphatic rings. The number of nitrogens with zero attached hydrogens (tertiary/aromatic N) is 3. The average molecular weight is 493 g/mol. The maximum Gasteiger partial charge on any atom is 0.243 e. The second-order valence-electron chi connectivity index (χ2n) is 10.7. The third-order valence-electron chi connectivity index (χ3n) is 7.44. The number of hydrogen-bond acceptors (Lipinski definition) is 3. The molecule has 2 aromatic rings. The Kier molecular flexibility index (Phi) is 7.76. The molecule has 1 aromatic heterocycles. The maximum atomic E-state index is 14.5. The lowest BCUT2D eigenvalue weighted by Gasteiger charge is -2.39. The molecule has 6 nitrogen and oxygen atoms in total. The minimum Gasteiger partial charge on any atom is -0.347 e. The van der Waals surface area contributed by atoms with Crippen LogP contribution < -0.4 is 5.32 Å². The zero-order valence-corrected chi connectivity index (χ0v) is 21.7. The molecule has 1 saturated heterocycles. The number of alkyl halides is 1. The predicted molar refractivity (Wildman–Crippen MR) is 139 cm³/mol. The van der Waals surface area contributed by atoms with Crippen molar-refractivity contribution < 1.29 is 14.0 Å². The summed E-state index contributed by atoms with van der Waals surface area (Å²) in [6.07, 6.45) is 10.5. The average Bonchev–Trinajstić information content (AvgIpc) is 3.46. The van der Waals surface area contributed by atoms with Crippen LogP contribution in [-0.2, 0) is 23.1 Å². The molecule has 0 radical (unpaired) electrons. The van der Waals surface area contributed by atoms with E-state index < -0.39 is 12.2 Å². The summed E-state index contributed by atoms with van der Waals surface area (Å²) in [4.78, 5) is 28.1. The molecule has 0 spiro atoms. The smallest absolute Gasteiger partial charge is 0.243 e. The molecule has 4 rings (SSSR count). The molecule has 192 valence electrons. The van der Waals surface area contributed by atoms with Crippen molar-refractivity contribution in [2.75, 3.05) is 6.54 Å². The highest BCUT2D eigenvalue weighted by Crippen LogP contribution is 2.42. The van der Waals surface area contributed by atoms with Gasteiger partial charge < -0.3 is 10.2 Å². The van der Waals surface area contributed by atoms with Crippen LogP contribution in [0.15, 0.2) is 66.5 Å². The van der Waals surface area contributed by atoms with Crippen molar-refractivity contribution in [1.82, 2.24) is 20.0 Å². The molecule has 2 heterocycles. The number of amides is 2. The van der Waals surface area contributed by atoms with Crippen LogP contribution in [0, 0.1) is 11.3 Å². The van der Waals surface area contributed by atoms with Crippen LogP contribution in [0.25, 0.3) is 0 Å². The zero-order valence-electron chi connectivity index (χ0n) is 21.7. The van der Waals surface area contributed by atoms with Crippen molar-refractivity contribution in [3.8, 4) is 0 Å². The van der Waals surface area contributed by atoms with Crippen molar-refractivity contribution in [2.24, 2.45) is 18.4 Å². The second kappa shape index (κ2) is 10.8. The monoisotopic (exact) mass is 492 g/mol. The summed E-state index contributed by atoms with van der Waals surface area (Å²) in [5, 5.41) is 7.35. The number of allylic oxidation sites excluding steroid dienone is 3. The van der Waals surface area contributed by atoms with Crippen LogP contribution in [-0.4, -0.2) is 45.3 Å². The van der Waals surface area contributed by atoms with Gasteiger partial charge in [0.1, 0.15) is 12.2 Å². The molecule has 1 N–H and O–H groups in total. The van der Waals surface area contributed by atoms with E-state index in [4.69, 9.17) is 0 Å². The Morgan fingerprint density at radius 3 is 2.61 bits per heavy atom. The standard InChI is InChI=1S/C29H37FN4O2/c1-20(2)22-12-14-29(3,15-13-22)27(23-8-6-5-7-9-23)32-28(36)25-16-24(30)19-34(25)26(35)11-10-21-17-31-33(4)18-21/h5-9,12-14,17-18,20,24-25,27H,10-11,15-16,19H2,1-4H3,(H,32,36)/t24-,25+,27+,29?/m1/s1. The number of nitrogens with one attached hydrogen (secondary N) is 1. The first kappa shape index (κ1) is 25.9. The van der Waals surface area contributed by atoms with E-state index in [0.29, 0.717) is 12.3 Å². The highest BCUT2D eigenvalue weighted by Gasteiger charge is 2.42. The van der Waals surface area contributed by atoms with E-state index in [1.165, 1.54) is 10.5 Å². The first-order valence-electron chi connectivity index (χ1n) is 12.8. The summed E-state index contributed by atoms with van der Waals surface area (Å²) in [7, 11) is 1.82. The van der Waals surface area contributed by atoms with Crippen LogP contribution >= 0.6 is 0 Å². The lowest BCUT2D eigenvalue weighted by atomic mass is 9.72. The van der Waals surface area contributed by atoms with Gasteiger partial charge >= 0.3 is 0 Å². The van der Waals surface area contributed by atoms with E-state index in [9.17, 15) is 14.0 Å².